The molecule has 0 bridgehead atoms. The monoisotopic (exact) mass is 288 g/mol. The van der Waals surface area contributed by atoms with E-state index in [2.05, 4.69) is 9.44 Å². The molecule has 0 spiro atoms. The third-order valence-corrected chi connectivity index (χ3v) is 3.10. The van der Waals surface area contributed by atoms with Crippen molar-refractivity contribution in [1.29, 1.82) is 0 Å². The molecule has 0 fully saturated rings. The van der Waals surface area contributed by atoms with Gasteiger partial charge in [0.2, 0.25) is 5.90 Å². The second-order valence-electron chi connectivity index (χ2n) is 3.30. The standard InChI is InChI=1S/C10H12N2O6S/c1-3-17-8(2)11-18-19(15,16)10-7-5-4-6-9(10)12(13)14/h4-7H,3H2,1-2H3. The number of nitro groups is 1. The van der Waals surface area contributed by atoms with Gasteiger partial charge in [0.1, 0.15) is 0 Å². The fraction of sp³-hybridized carbons (Fsp3) is 0.300. The van der Waals surface area contributed by atoms with Crippen molar-refractivity contribution in [3.05, 3.63) is 34.4 Å². The maximum atomic E-state index is 11.8. The van der Waals surface area contributed by atoms with E-state index in [-0.39, 0.29) is 5.90 Å². The highest BCUT2D eigenvalue weighted by molar-refractivity contribution is 7.86. The highest BCUT2D eigenvalue weighted by atomic mass is 32.2. The zero-order valence-electron chi connectivity index (χ0n) is 10.3. The van der Waals surface area contributed by atoms with Gasteiger partial charge in [-0.25, -0.2) is 0 Å². The molecule has 0 atom stereocenters. The Morgan fingerprint density at radius 1 is 1.42 bits per heavy atom. The summed E-state index contributed by atoms with van der Waals surface area (Å²) in [6, 6.07) is 4.84. The van der Waals surface area contributed by atoms with E-state index in [1.54, 1.807) is 6.92 Å². The zero-order valence-corrected chi connectivity index (χ0v) is 11.1. The Kier molecular flexibility index (Phi) is 4.81. The number of hydrogen-bond donors (Lipinski definition) is 0. The third kappa shape index (κ3) is 3.91. The van der Waals surface area contributed by atoms with Crippen LogP contribution >= 0.6 is 0 Å². The van der Waals surface area contributed by atoms with E-state index < -0.39 is 25.6 Å². The Balaban J connectivity index is 3.08. The van der Waals surface area contributed by atoms with E-state index in [1.807, 2.05) is 0 Å². The van der Waals surface area contributed by atoms with E-state index >= 15 is 0 Å². The largest absolute Gasteiger partial charge is 0.479 e. The highest BCUT2D eigenvalue weighted by Gasteiger charge is 2.27. The van der Waals surface area contributed by atoms with Gasteiger partial charge in [-0.05, 0) is 18.1 Å². The topological polar surface area (TPSA) is 108 Å². The van der Waals surface area contributed by atoms with Crippen LogP contribution in [0.5, 0.6) is 0 Å². The number of nitrogens with zero attached hydrogens (tertiary/aromatic N) is 2. The van der Waals surface area contributed by atoms with Gasteiger partial charge < -0.3 is 4.74 Å². The normalized spacial score (nSPS) is 12.0. The van der Waals surface area contributed by atoms with Crippen LogP contribution < -0.4 is 0 Å². The van der Waals surface area contributed by atoms with Crippen LogP contribution in [0, 0.1) is 10.1 Å². The first-order chi connectivity index (χ1) is 8.88. The highest BCUT2D eigenvalue weighted by Crippen LogP contribution is 2.24. The molecule has 9 heteroatoms. The minimum absolute atomic E-state index is 0.00431. The molecule has 0 aliphatic carbocycles. The van der Waals surface area contributed by atoms with Gasteiger partial charge in [-0.15, -0.1) is 0 Å². The fourth-order valence-corrected chi connectivity index (χ4v) is 2.12. The van der Waals surface area contributed by atoms with Crippen molar-refractivity contribution in [2.24, 2.45) is 5.16 Å². The Labute approximate surface area is 109 Å². The first-order valence-electron chi connectivity index (χ1n) is 5.23. The molecular formula is C10H12N2O6S. The lowest BCUT2D eigenvalue weighted by Crippen LogP contribution is -2.08. The molecule has 0 heterocycles. The molecule has 1 aromatic rings. The lowest BCUT2D eigenvalue weighted by molar-refractivity contribution is -0.387. The molecule has 0 aliphatic heterocycles. The molecule has 0 N–H and O–H groups in total. The van der Waals surface area contributed by atoms with Crippen LogP contribution in [0.4, 0.5) is 5.69 Å². The van der Waals surface area contributed by atoms with Crippen molar-refractivity contribution in [3.8, 4) is 0 Å². The first-order valence-corrected chi connectivity index (χ1v) is 6.63. The molecule has 0 amide bonds. The summed E-state index contributed by atoms with van der Waals surface area (Å²) in [7, 11) is -4.36. The van der Waals surface area contributed by atoms with Gasteiger partial charge in [-0.2, -0.15) is 8.42 Å². The van der Waals surface area contributed by atoms with Crippen LogP contribution in [0.2, 0.25) is 0 Å². The number of benzene rings is 1. The molecule has 0 unspecified atom stereocenters. The van der Waals surface area contributed by atoms with Crippen molar-refractivity contribution in [3.63, 3.8) is 0 Å². The molecule has 0 saturated carbocycles. The molecule has 19 heavy (non-hydrogen) atoms. The van der Waals surface area contributed by atoms with Crippen LogP contribution in [0.15, 0.2) is 34.3 Å². The first kappa shape index (κ1) is 14.9. The average molecular weight is 288 g/mol. The van der Waals surface area contributed by atoms with Gasteiger partial charge in [0.25, 0.3) is 5.69 Å². The van der Waals surface area contributed by atoms with Crippen LogP contribution in [-0.2, 0) is 19.1 Å². The summed E-state index contributed by atoms with van der Waals surface area (Å²) in [5, 5.41) is 14.0. The van der Waals surface area contributed by atoms with Crippen molar-refractivity contribution >= 4 is 21.7 Å². The SMILES string of the molecule is CCOC(C)=NOS(=O)(=O)c1ccccc1[N+](=O)[O-]. The molecule has 104 valence electrons. The fourth-order valence-electron chi connectivity index (χ4n) is 1.20. The third-order valence-electron chi connectivity index (χ3n) is 1.95. The Morgan fingerprint density at radius 2 is 2.05 bits per heavy atom. The maximum Gasteiger partial charge on any atom is 0.365 e. The van der Waals surface area contributed by atoms with Gasteiger partial charge in [-0.1, -0.05) is 12.1 Å². The van der Waals surface area contributed by atoms with Crippen LogP contribution in [-0.4, -0.2) is 25.8 Å². The summed E-state index contributed by atoms with van der Waals surface area (Å²) in [5.74, 6) is 0.00431. The Morgan fingerprint density at radius 3 is 2.63 bits per heavy atom. The number of rotatable bonds is 5. The summed E-state index contributed by atoms with van der Waals surface area (Å²) in [4.78, 5) is 9.36. The quantitative estimate of drug-likeness (QED) is 0.353. The van der Waals surface area contributed by atoms with Gasteiger partial charge in [-0.3, -0.25) is 14.4 Å². The molecule has 0 radical (unpaired) electrons. The van der Waals surface area contributed by atoms with Crippen LogP contribution in [0.3, 0.4) is 0 Å². The number of hydrogen-bond acceptors (Lipinski definition) is 7. The molecule has 8 nitrogen and oxygen atoms in total. The number of para-hydroxylation sites is 1. The van der Waals surface area contributed by atoms with E-state index in [0.29, 0.717) is 6.61 Å². The van der Waals surface area contributed by atoms with Crippen molar-refractivity contribution < 1.29 is 22.4 Å². The van der Waals surface area contributed by atoms with E-state index in [0.717, 1.165) is 12.1 Å². The summed E-state index contributed by atoms with van der Waals surface area (Å²) in [6.07, 6.45) is 0. The van der Waals surface area contributed by atoms with Gasteiger partial charge >= 0.3 is 10.1 Å². The van der Waals surface area contributed by atoms with Crippen LogP contribution in [0.25, 0.3) is 0 Å². The van der Waals surface area contributed by atoms with Crippen molar-refractivity contribution in [2.75, 3.05) is 6.61 Å². The van der Waals surface area contributed by atoms with Crippen molar-refractivity contribution in [1.82, 2.24) is 0 Å². The summed E-state index contributed by atoms with van der Waals surface area (Å²) >= 11 is 0. The minimum atomic E-state index is -4.36. The predicted octanol–water partition coefficient (Wildman–Crippen LogP) is 1.67. The summed E-state index contributed by atoms with van der Waals surface area (Å²) in [6.45, 7) is 3.39. The molecule has 1 rings (SSSR count). The molecular weight excluding hydrogens is 276 g/mol. The predicted molar refractivity (Wildman–Crippen MR) is 66.1 cm³/mol. The lowest BCUT2D eigenvalue weighted by Gasteiger charge is -2.04. The zero-order chi connectivity index (χ0) is 14.5. The molecule has 1 aromatic carbocycles. The number of oxime groups is 1. The van der Waals surface area contributed by atoms with Gasteiger partial charge in [0.05, 0.1) is 11.5 Å². The second-order valence-corrected chi connectivity index (χ2v) is 4.79. The van der Waals surface area contributed by atoms with E-state index in [9.17, 15) is 18.5 Å². The number of ether oxygens (including phenoxy) is 1. The van der Waals surface area contributed by atoms with Crippen LogP contribution in [0.1, 0.15) is 13.8 Å². The molecule has 0 saturated heterocycles. The van der Waals surface area contributed by atoms with Gasteiger partial charge in [0.15, 0.2) is 4.90 Å². The summed E-state index contributed by atoms with van der Waals surface area (Å²) in [5.41, 5.74) is -0.577. The minimum Gasteiger partial charge on any atom is -0.479 e. The second kappa shape index (κ2) is 6.14. The van der Waals surface area contributed by atoms with E-state index in [1.165, 1.54) is 19.1 Å². The smallest absolute Gasteiger partial charge is 0.365 e. The van der Waals surface area contributed by atoms with E-state index in [4.69, 9.17) is 4.74 Å². The average Bonchev–Trinajstić information content (AvgIpc) is 2.37. The van der Waals surface area contributed by atoms with Gasteiger partial charge in [0, 0.05) is 13.0 Å². The Bertz CT molecular complexity index is 596. The number of nitro benzene ring substituents is 1. The Hall–Kier alpha value is -2.16. The maximum absolute atomic E-state index is 11.8. The van der Waals surface area contributed by atoms with Crippen molar-refractivity contribution in [2.45, 2.75) is 18.7 Å². The summed E-state index contributed by atoms with van der Waals surface area (Å²) < 4.78 is 32.8. The molecule has 0 aliphatic rings. The molecule has 0 aromatic heterocycles. The lowest BCUT2D eigenvalue weighted by atomic mass is 10.3.